The molecule has 1 aromatic heterocycles. The lowest BCUT2D eigenvalue weighted by Crippen LogP contribution is -2.35. The van der Waals surface area contributed by atoms with Gasteiger partial charge in [-0.15, -0.1) is 6.58 Å². The fourth-order valence-corrected chi connectivity index (χ4v) is 2.27. The summed E-state index contributed by atoms with van der Waals surface area (Å²) < 4.78 is 5.32. The van der Waals surface area contributed by atoms with Crippen LogP contribution in [-0.4, -0.2) is 21.7 Å². The predicted octanol–water partition coefficient (Wildman–Crippen LogP) is 4.37. The third-order valence-electron chi connectivity index (χ3n) is 3.38. The third-order valence-corrected chi connectivity index (χ3v) is 3.38. The highest BCUT2D eigenvalue weighted by atomic mass is 16.6. The quantitative estimate of drug-likeness (QED) is 0.498. The summed E-state index contributed by atoms with van der Waals surface area (Å²) in [6, 6.07) is -0.366. The van der Waals surface area contributed by atoms with Crippen LogP contribution < -0.4 is 11.1 Å². The molecular formula is C20H30N4O2. The van der Waals surface area contributed by atoms with Crippen molar-refractivity contribution >= 4 is 11.7 Å². The molecule has 0 bridgehead atoms. The molecule has 4 N–H and O–H groups in total. The lowest BCUT2D eigenvalue weighted by Gasteiger charge is -2.22. The van der Waals surface area contributed by atoms with Crippen molar-refractivity contribution in [2.45, 2.75) is 52.7 Å². The average molecular weight is 358 g/mol. The van der Waals surface area contributed by atoms with Gasteiger partial charge in [0.1, 0.15) is 11.4 Å². The number of ether oxygens (including phenoxy) is 1. The SMILES string of the molecule is C=CCC(NC(=O)OC(C)(C)C)c1ncc(C(=C/C)/C(N)=C\C=C/C)[nH]1. The number of nitrogens with one attached hydrogen (secondary N) is 2. The number of hydrogen-bond donors (Lipinski definition) is 3. The zero-order valence-electron chi connectivity index (χ0n) is 16.3. The van der Waals surface area contributed by atoms with Gasteiger partial charge in [0.05, 0.1) is 17.9 Å². The summed E-state index contributed by atoms with van der Waals surface area (Å²) >= 11 is 0. The van der Waals surface area contributed by atoms with Crippen molar-refractivity contribution in [3.63, 3.8) is 0 Å². The van der Waals surface area contributed by atoms with Gasteiger partial charge in [0.2, 0.25) is 0 Å². The largest absolute Gasteiger partial charge is 0.444 e. The van der Waals surface area contributed by atoms with Crippen LogP contribution in [0.15, 0.2) is 48.9 Å². The van der Waals surface area contributed by atoms with Gasteiger partial charge in [0.25, 0.3) is 0 Å². The van der Waals surface area contributed by atoms with E-state index in [2.05, 4.69) is 21.9 Å². The van der Waals surface area contributed by atoms with Crippen LogP contribution in [-0.2, 0) is 4.74 Å². The topological polar surface area (TPSA) is 93.0 Å². The molecule has 0 aromatic carbocycles. The highest BCUT2D eigenvalue weighted by Crippen LogP contribution is 2.22. The Bertz CT molecular complexity index is 706. The summed E-state index contributed by atoms with van der Waals surface area (Å²) in [6.07, 6.45) is 11.0. The van der Waals surface area contributed by atoms with Crippen LogP contribution in [0.5, 0.6) is 0 Å². The van der Waals surface area contributed by atoms with E-state index >= 15 is 0 Å². The molecule has 1 heterocycles. The Balaban J connectivity index is 3.02. The summed E-state index contributed by atoms with van der Waals surface area (Å²) in [4.78, 5) is 19.7. The Hall–Kier alpha value is -2.76. The van der Waals surface area contributed by atoms with Gasteiger partial charge in [-0.1, -0.05) is 24.3 Å². The normalized spacial score (nSPS) is 14.3. The Kier molecular flexibility index (Phi) is 7.90. The van der Waals surface area contributed by atoms with Gasteiger partial charge in [-0.05, 0) is 47.1 Å². The summed E-state index contributed by atoms with van der Waals surface area (Å²) in [7, 11) is 0. The fraction of sp³-hybridized carbons (Fsp3) is 0.400. The number of allylic oxidation sites excluding steroid dienone is 5. The molecule has 1 amide bonds. The summed E-state index contributed by atoms with van der Waals surface area (Å²) in [5, 5.41) is 2.82. The van der Waals surface area contributed by atoms with E-state index in [0.29, 0.717) is 17.9 Å². The molecule has 142 valence electrons. The first-order valence-corrected chi connectivity index (χ1v) is 8.62. The predicted molar refractivity (Wildman–Crippen MR) is 106 cm³/mol. The molecule has 26 heavy (non-hydrogen) atoms. The van der Waals surface area contributed by atoms with E-state index in [-0.39, 0.29) is 6.04 Å². The van der Waals surface area contributed by atoms with Crippen LogP contribution in [0, 0.1) is 0 Å². The molecular weight excluding hydrogens is 328 g/mol. The smallest absolute Gasteiger partial charge is 0.408 e. The van der Waals surface area contributed by atoms with Gasteiger partial charge in [-0.2, -0.15) is 0 Å². The molecule has 0 saturated carbocycles. The van der Waals surface area contributed by atoms with E-state index in [0.717, 1.165) is 11.3 Å². The maximum absolute atomic E-state index is 12.1. The van der Waals surface area contributed by atoms with Crippen LogP contribution in [0.2, 0.25) is 0 Å². The zero-order valence-corrected chi connectivity index (χ0v) is 16.3. The van der Waals surface area contributed by atoms with Crippen LogP contribution >= 0.6 is 0 Å². The van der Waals surface area contributed by atoms with E-state index in [9.17, 15) is 4.79 Å². The lowest BCUT2D eigenvalue weighted by molar-refractivity contribution is 0.0502. The molecule has 0 aliphatic carbocycles. The van der Waals surface area contributed by atoms with Crippen molar-refractivity contribution in [2.24, 2.45) is 5.73 Å². The van der Waals surface area contributed by atoms with Gasteiger partial charge in [0.15, 0.2) is 0 Å². The number of rotatable bonds is 7. The molecule has 0 saturated heterocycles. The standard InChI is InChI=1S/C20H30N4O2/c1-7-10-12-15(21)14(9-3)17-13-22-18(23-17)16(11-8-2)24-19(25)26-20(4,5)6/h7-10,12-13,16H,2,11,21H2,1,3-6H3,(H,22,23)(H,24,25)/b10-7-,14-9+,15-12+. The average Bonchev–Trinajstić information content (AvgIpc) is 3.01. The molecule has 0 aliphatic heterocycles. The minimum atomic E-state index is -0.568. The Morgan fingerprint density at radius 1 is 1.46 bits per heavy atom. The summed E-state index contributed by atoms with van der Waals surface area (Å²) in [5.41, 5.74) is 7.81. The molecule has 0 radical (unpaired) electrons. The van der Waals surface area contributed by atoms with Crippen LogP contribution in [0.3, 0.4) is 0 Å². The number of nitrogens with two attached hydrogens (primary N) is 1. The number of alkyl carbamates (subject to hydrolysis) is 1. The van der Waals surface area contributed by atoms with Crippen molar-refractivity contribution in [3.8, 4) is 0 Å². The van der Waals surface area contributed by atoms with Gasteiger partial charge < -0.3 is 20.8 Å². The molecule has 6 nitrogen and oxygen atoms in total. The van der Waals surface area contributed by atoms with Crippen LogP contribution in [0.1, 0.15) is 58.6 Å². The van der Waals surface area contributed by atoms with E-state index in [1.807, 2.05) is 58.9 Å². The minimum absolute atomic E-state index is 0.366. The number of carbonyl (C=O) groups is 1. The van der Waals surface area contributed by atoms with Crippen molar-refractivity contribution in [1.29, 1.82) is 0 Å². The molecule has 1 atom stereocenters. The first kappa shape index (κ1) is 21.3. The second kappa shape index (κ2) is 9.65. The highest BCUT2D eigenvalue weighted by Gasteiger charge is 2.22. The molecule has 1 unspecified atom stereocenters. The van der Waals surface area contributed by atoms with Crippen molar-refractivity contribution < 1.29 is 9.53 Å². The van der Waals surface area contributed by atoms with Crippen LogP contribution in [0.25, 0.3) is 5.57 Å². The minimum Gasteiger partial charge on any atom is -0.444 e. The molecule has 0 aliphatic rings. The summed E-state index contributed by atoms with van der Waals surface area (Å²) in [5.74, 6) is 0.615. The maximum atomic E-state index is 12.1. The van der Waals surface area contributed by atoms with Crippen LogP contribution in [0.4, 0.5) is 4.79 Å². The first-order chi connectivity index (χ1) is 12.2. The second-order valence-corrected chi connectivity index (χ2v) is 6.76. The number of imidazole rings is 1. The Labute approximate surface area is 155 Å². The molecule has 0 spiro atoms. The number of aromatic nitrogens is 2. The van der Waals surface area contributed by atoms with Gasteiger partial charge in [0, 0.05) is 11.3 Å². The number of carbonyl (C=O) groups excluding carboxylic acids is 1. The van der Waals surface area contributed by atoms with Crippen molar-refractivity contribution in [3.05, 3.63) is 60.4 Å². The number of nitrogens with zero attached hydrogens (tertiary/aromatic N) is 1. The zero-order chi connectivity index (χ0) is 19.7. The van der Waals surface area contributed by atoms with Crippen molar-refractivity contribution in [2.75, 3.05) is 0 Å². The molecule has 0 fully saturated rings. The maximum Gasteiger partial charge on any atom is 0.408 e. The molecule has 1 aromatic rings. The van der Waals surface area contributed by atoms with Gasteiger partial charge in [-0.3, -0.25) is 0 Å². The lowest BCUT2D eigenvalue weighted by atomic mass is 10.1. The molecule has 6 heteroatoms. The monoisotopic (exact) mass is 358 g/mol. The van der Waals surface area contributed by atoms with E-state index < -0.39 is 11.7 Å². The van der Waals surface area contributed by atoms with Gasteiger partial charge in [-0.25, -0.2) is 9.78 Å². The number of H-pyrrole nitrogens is 1. The highest BCUT2D eigenvalue weighted by molar-refractivity contribution is 5.76. The van der Waals surface area contributed by atoms with E-state index in [4.69, 9.17) is 10.5 Å². The Morgan fingerprint density at radius 2 is 2.15 bits per heavy atom. The number of hydrogen-bond acceptors (Lipinski definition) is 4. The fourth-order valence-electron chi connectivity index (χ4n) is 2.27. The number of aromatic amines is 1. The Morgan fingerprint density at radius 3 is 2.69 bits per heavy atom. The first-order valence-electron chi connectivity index (χ1n) is 8.62. The third kappa shape index (κ3) is 6.63. The van der Waals surface area contributed by atoms with E-state index in [1.165, 1.54) is 0 Å². The van der Waals surface area contributed by atoms with Crippen molar-refractivity contribution in [1.82, 2.24) is 15.3 Å². The van der Waals surface area contributed by atoms with E-state index in [1.54, 1.807) is 12.3 Å². The number of amides is 1. The summed E-state index contributed by atoms with van der Waals surface area (Å²) in [6.45, 7) is 13.0. The second-order valence-electron chi connectivity index (χ2n) is 6.76. The van der Waals surface area contributed by atoms with Gasteiger partial charge >= 0.3 is 6.09 Å². The molecule has 1 rings (SSSR count).